The van der Waals surface area contributed by atoms with Crippen LogP contribution in [0.1, 0.15) is 38.5 Å². The van der Waals surface area contributed by atoms with Crippen molar-refractivity contribution in [3.05, 3.63) is 0 Å². The van der Waals surface area contributed by atoms with Crippen LogP contribution in [-0.2, 0) is 4.74 Å². The molecule has 0 amide bonds. The second-order valence-corrected chi connectivity index (χ2v) is 5.57. The van der Waals surface area contributed by atoms with E-state index < -0.39 is 0 Å². The van der Waals surface area contributed by atoms with Gasteiger partial charge in [-0.05, 0) is 38.0 Å². The SMILES string of the molecule is NCC1(NC2CCCC2CO)CCCOCC1. The monoisotopic (exact) mass is 242 g/mol. The van der Waals surface area contributed by atoms with E-state index in [0.29, 0.717) is 25.1 Å². The van der Waals surface area contributed by atoms with Crippen LogP contribution in [0.4, 0.5) is 0 Å². The minimum atomic E-state index is 0.0406. The molecule has 1 heterocycles. The van der Waals surface area contributed by atoms with Crippen molar-refractivity contribution in [3.63, 3.8) is 0 Å². The molecule has 0 radical (unpaired) electrons. The van der Waals surface area contributed by atoms with Gasteiger partial charge in [0.05, 0.1) is 0 Å². The van der Waals surface area contributed by atoms with Gasteiger partial charge in [0.15, 0.2) is 0 Å². The summed E-state index contributed by atoms with van der Waals surface area (Å²) >= 11 is 0. The van der Waals surface area contributed by atoms with Gasteiger partial charge >= 0.3 is 0 Å². The van der Waals surface area contributed by atoms with Gasteiger partial charge in [-0.1, -0.05) is 6.42 Å². The van der Waals surface area contributed by atoms with Crippen LogP contribution in [0.2, 0.25) is 0 Å². The molecule has 4 N–H and O–H groups in total. The molecule has 4 heteroatoms. The zero-order valence-electron chi connectivity index (χ0n) is 10.7. The van der Waals surface area contributed by atoms with Crippen LogP contribution in [0.3, 0.4) is 0 Å². The van der Waals surface area contributed by atoms with E-state index in [4.69, 9.17) is 10.5 Å². The van der Waals surface area contributed by atoms with Gasteiger partial charge in [0.1, 0.15) is 0 Å². The summed E-state index contributed by atoms with van der Waals surface area (Å²) in [5.41, 5.74) is 6.03. The smallest absolute Gasteiger partial charge is 0.0484 e. The first-order chi connectivity index (χ1) is 8.29. The lowest BCUT2D eigenvalue weighted by atomic mass is 9.88. The molecule has 3 unspecified atom stereocenters. The molecular weight excluding hydrogens is 216 g/mol. The molecule has 0 spiro atoms. The second-order valence-electron chi connectivity index (χ2n) is 5.57. The van der Waals surface area contributed by atoms with Crippen molar-refractivity contribution in [2.24, 2.45) is 11.7 Å². The lowest BCUT2D eigenvalue weighted by Crippen LogP contribution is -2.56. The first kappa shape index (κ1) is 13.3. The van der Waals surface area contributed by atoms with Gasteiger partial charge in [-0.2, -0.15) is 0 Å². The third kappa shape index (κ3) is 3.19. The van der Waals surface area contributed by atoms with Gasteiger partial charge in [0, 0.05) is 37.9 Å². The van der Waals surface area contributed by atoms with Gasteiger partial charge in [-0.15, -0.1) is 0 Å². The third-order valence-corrected chi connectivity index (χ3v) is 4.44. The molecule has 17 heavy (non-hydrogen) atoms. The van der Waals surface area contributed by atoms with Gasteiger partial charge in [-0.3, -0.25) is 0 Å². The van der Waals surface area contributed by atoms with Crippen LogP contribution >= 0.6 is 0 Å². The molecule has 100 valence electrons. The summed E-state index contributed by atoms with van der Waals surface area (Å²) in [5.74, 6) is 0.419. The molecule has 3 atom stereocenters. The Kier molecular flexibility index (Phi) is 4.79. The number of hydrogen-bond donors (Lipinski definition) is 3. The topological polar surface area (TPSA) is 67.5 Å². The number of aliphatic hydroxyl groups is 1. The third-order valence-electron chi connectivity index (χ3n) is 4.44. The predicted molar refractivity (Wildman–Crippen MR) is 67.8 cm³/mol. The lowest BCUT2D eigenvalue weighted by Gasteiger charge is -2.37. The Morgan fingerprint density at radius 1 is 1.24 bits per heavy atom. The molecule has 0 bridgehead atoms. The van der Waals surface area contributed by atoms with E-state index in [1.807, 2.05) is 0 Å². The first-order valence-corrected chi connectivity index (χ1v) is 6.96. The Morgan fingerprint density at radius 3 is 2.88 bits per heavy atom. The molecule has 1 saturated carbocycles. The van der Waals surface area contributed by atoms with Crippen molar-refractivity contribution in [2.75, 3.05) is 26.4 Å². The fourth-order valence-electron chi connectivity index (χ4n) is 3.25. The predicted octanol–water partition coefficient (Wildman–Crippen LogP) is 0.635. The number of nitrogens with two attached hydrogens (primary N) is 1. The molecular formula is C13H26N2O2. The summed E-state index contributed by atoms with van der Waals surface area (Å²) in [7, 11) is 0. The molecule has 0 aromatic heterocycles. The summed E-state index contributed by atoms with van der Waals surface area (Å²) in [4.78, 5) is 0. The largest absolute Gasteiger partial charge is 0.396 e. The Bertz CT molecular complexity index is 227. The molecule has 1 aliphatic heterocycles. The highest BCUT2D eigenvalue weighted by atomic mass is 16.5. The Morgan fingerprint density at radius 2 is 2.12 bits per heavy atom. The average molecular weight is 242 g/mol. The number of hydrogen-bond acceptors (Lipinski definition) is 4. The zero-order valence-corrected chi connectivity index (χ0v) is 10.7. The summed E-state index contributed by atoms with van der Waals surface area (Å²) in [6, 6.07) is 0.446. The highest BCUT2D eigenvalue weighted by molar-refractivity contribution is 4.96. The minimum Gasteiger partial charge on any atom is -0.396 e. The van der Waals surface area contributed by atoms with Crippen LogP contribution in [-0.4, -0.2) is 43.1 Å². The van der Waals surface area contributed by atoms with E-state index in [-0.39, 0.29) is 5.54 Å². The first-order valence-electron chi connectivity index (χ1n) is 6.96. The van der Waals surface area contributed by atoms with E-state index in [9.17, 15) is 5.11 Å². The summed E-state index contributed by atoms with van der Waals surface area (Å²) in [5, 5.41) is 13.1. The number of ether oxygens (including phenoxy) is 1. The lowest BCUT2D eigenvalue weighted by molar-refractivity contribution is 0.130. The number of aliphatic hydroxyl groups excluding tert-OH is 1. The Hall–Kier alpha value is -0.160. The van der Waals surface area contributed by atoms with Gasteiger partial charge in [-0.25, -0.2) is 0 Å². The molecule has 1 saturated heterocycles. The maximum absolute atomic E-state index is 9.38. The van der Waals surface area contributed by atoms with Crippen LogP contribution in [0.25, 0.3) is 0 Å². The van der Waals surface area contributed by atoms with Crippen molar-refractivity contribution >= 4 is 0 Å². The fourth-order valence-corrected chi connectivity index (χ4v) is 3.25. The van der Waals surface area contributed by atoms with Gasteiger partial charge < -0.3 is 20.9 Å². The Balaban J connectivity index is 1.97. The van der Waals surface area contributed by atoms with Crippen molar-refractivity contribution in [1.29, 1.82) is 0 Å². The van der Waals surface area contributed by atoms with E-state index in [1.54, 1.807) is 0 Å². The average Bonchev–Trinajstić information content (AvgIpc) is 2.66. The van der Waals surface area contributed by atoms with E-state index in [0.717, 1.165) is 38.9 Å². The summed E-state index contributed by atoms with van der Waals surface area (Å²) in [6.45, 7) is 2.64. The number of rotatable bonds is 4. The standard InChI is InChI=1S/C13H26N2O2/c14-10-13(5-2-7-17-8-6-13)15-12-4-1-3-11(12)9-16/h11-12,15-16H,1-10,14H2. The van der Waals surface area contributed by atoms with E-state index >= 15 is 0 Å². The highest BCUT2D eigenvalue weighted by Gasteiger charge is 2.36. The van der Waals surface area contributed by atoms with Crippen LogP contribution in [0, 0.1) is 5.92 Å². The van der Waals surface area contributed by atoms with Gasteiger partial charge in [0.2, 0.25) is 0 Å². The van der Waals surface area contributed by atoms with Gasteiger partial charge in [0.25, 0.3) is 0 Å². The van der Waals surface area contributed by atoms with Crippen molar-refractivity contribution in [1.82, 2.24) is 5.32 Å². The summed E-state index contributed by atoms with van der Waals surface area (Å²) in [6.07, 6.45) is 6.72. The molecule has 1 aliphatic carbocycles. The molecule has 2 rings (SSSR count). The van der Waals surface area contributed by atoms with Crippen molar-refractivity contribution < 1.29 is 9.84 Å². The molecule has 4 nitrogen and oxygen atoms in total. The Labute approximate surface area is 104 Å². The molecule has 0 aromatic carbocycles. The second kappa shape index (κ2) is 6.14. The highest BCUT2D eigenvalue weighted by Crippen LogP contribution is 2.29. The van der Waals surface area contributed by atoms with Crippen LogP contribution < -0.4 is 11.1 Å². The molecule has 2 fully saturated rings. The summed E-state index contributed by atoms with van der Waals surface area (Å²) < 4.78 is 5.52. The minimum absolute atomic E-state index is 0.0406. The van der Waals surface area contributed by atoms with E-state index in [2.05, 4.69) is 5.32 Å². The fraction of sp³-hybridized carbons (Fsp3) is 1.00. The molecule has 0 aromatic rings. The normalized spacial score (nSPS) is 39.2. The zero-order chi connectivity index (χ0) is 12.1. The van der Waals surface area contributed by atoms with Crippen molar-refractivity contribution in [3.8, 4) is 0 Å². The van der Waals surface area contributed by atoms with Crippen LogP contribution in [0.5, 0.6) is 0 Å². The molecule has 2 aliphatic rings. The van der Waals surface area contributed by atoms with E-state index in [1.165, 1.54) is 12.8 Å². The van der Waals surface area contributed by atoms with Crippen LogP contribution in [0.15, 0.2) is 0 Å². The maximum Gasteiger partial charge on any atom is 0.0484 e. The quantitative estimate of drug-likeness (QED) is 0.676. The van der Waals surface area contributed by atoms with Crippen molar-refractivity contribution in [2.45, 2.75) is 50.1 Å². The maximum atomic E-state index is 9.38. The number of nitrogens with one attached hydrogen (secondary N) is 1.